The Kier molecular flexibility index (Phi) is 3.25. The molecule has 0 aliphatic heterocycles. The van der Waals surface area contributed by atoms with Crippen molar-refractivity contribution in [2.45, 2.75) is 26.4 Å². The monoisotopic (exact) mass is 274 g/mol. The molecule has 0 saturated heterocycles. The summed E-state index contributed by atoms with van der Waals surface area (Å²) >= 11 is 6.28. The largest absolute Gasteiger partial charge is 0.339 e. The number of nitrogens with zero attached hydrogens (tertiary/aromatic N) is 4. The van der Waals surface area contributed by atoms with E-state index in [0.717, 1.165) is 34.7 Å². The van der Waals surface area contributed by atoms with E-state index in [9.17, 15) is 0 Å². The Balaban J connectivity index is 1.99. The van der Waals surface area contributed by atoms with Gasteiger partial charge >= 0.3 is 0 Å². The topological polar surface area (TPSA) is 35.6 Å². The lowest BCUT2D eigenvalue weighted by Gasteiger charge is -2.08. The number of benzene rings is 1. The van der Waals surface area contributed by atoms with Gasteiger partial charge in [-0.05, 0) is 18.6 Å². The Morgan fingerprint density at radius 3 is 3.00 bits per heavy atom. The van der Waals surface area contributed by atoms with Crippen molar-refractivity contribution in [1.29, 1.82) is 0 Å². The van der Waals surface area contributed by atoms with Gasteiger partial charge in [-0.15, -0.1) is 0 Å². The van der Waals surface area contributed by atoms with Gasteiger partial charge in [-0.25, -0.2) is 9.67 Å². The summed E-state index contributed by atoms with van der Waals surface area (Å²) < 4.78 is 4.07. The molecule has 0 fully saturated rings. The van der Waals surface area contributed by atoms with Crippen molar-refractivity contribution < 1.29 is 0 Å². The maximum atomic E-state index is 6.28. The third-order valence-electron chi connectivity index (χ3n) is 3.18. The van der Waals surface area contributed by atoms with Crippen LogP contribution in [0.2, 0.25) is 5.02 Å². The zero-order valence-corrected chi connectivity index (χ0v) is 11.5. The summed E-state index contributed by atoms with van der Waals surface area (Å²) in [6.07, 6.45) is 4.70. The molecule has 0 bridgehead atoms. The van der Waals surface area contributed by atoms with Crippen molar-refractivity contribution in [2.24, 2.45) is 0 Å². The van der Waals surface area contributed by atoms with Crippen LogP contribution in [0, 0.1) is 0 Å². The quantitative estimate of drug-likeness (QED) is 0.731. The first-order valence-corrected chi connectivity index (χ1v) is 6.77. The van der Waals surface area contributed by atoms with Crippen molar-refractivity contribution in [3.8, 4) is 0 Å². The molecule has 3 aromatic rings. The second-order valence-corrected chi connectivity index (χ2v) is 4.93. The smallest absolute Gasteiger partial charge is 0.146 e. The van der Waals surface area contributed by atoms with Crippen LogP contribution in [0.15, 0.2) is 36.8 Å². The molecule has 0 radical (unpaired) electrons. The molecule has 3 rings (SSSR count). The summed E-state index contributed by atoms with van der Waals surface area (Å²) in [6, 6.07) is 8.02. The van der Waals surface area contributed by atoms with E-state index < -0.39 is 0 Å². The van der Waals surface area contributed by atoms with E-state index in [4.69, 9.17) is 11.6 Å². The molecule has 0 aliphatic carbocycles. The average Bonchev–Trinajstić information content (AvgIpc) is 3.00. The highest BCUT2D eigenvalue weighted by molar-refractivity contribution is 6.35. The Morgan fingerprint density at radius 1 is 1.26 bits per heavy atom. The minimum absolute atomic E-state index is 0.688. The maximum Gasteiger partial charge on any atom is 0.146 e. The van der Waals surface area contributed by atoms with Crippen LogP contribution in [0.3, 0.4) is 0 Å². The second kappa shape index (κ2) is 5.05. The van der Waals surface area contributed by atoms with Gasteiger partial charge in [-0.2, -0.15) is 5.10 Å². The number of halogens is 1. The molecule has 4 nitrogen and oxygen atoms in total. The predicted molar refractivity (Wildman–Crippen MR) is 76.4 cm³/mol. The third kappa shape index (κ3) is 2.24. The summed E-state index contributed by atoms with van der Waals surface area (Å²) in [4.78, 5) is 4.33. The predicted octanol–water partition coefficient (Wildman–Crippen LogP) is 3.34. The normalized spacial score (nSPS) is 11.3. The van der Waals surface area contributed by atoms with Gasteiger partial charge in [0.2, 0.25) is 0 Å². The SMILES string of the molecule is CCCn1ncnc1Cn1ccc2cccc(Cl)c21. The number of hydrogen-bond donors (Lipinski definition) is 0. The van der Waals surface area contributed by atoms with Gasteiger partial charge in [0.25, 0.3) is 0 Å². The van der Waals surface area contributed by atoms with Crippen LogP contribution in [0.1, 0.15) is 19.2 Å². The first-order valence-electron chi connectivity index (χ1n) is 6.39. The first-order chi connectivity index (χ1) is 9.29. The molecular weight excluding hydrogens is 260 g/mol. The molecule has 0 saturated carbocycles. The minimum Gasteiger partial charge on any atom is -0.339 e. The standard InChI is InChI=1S/C14H15ClN4/c1-2-7-19-13(16-10-17-19)9-18-8-6-11-4-3-5-12(15)14(11)18/h3-6,8,10H,2,7,9H2,1H3. The van der Waals surface area contributed by atoms with E-state index in [1.807, 2.05) is 23.0 Å². The van der Waals surface area contributed by atoms with Crippen LogP contribution in [-0.2, 0) is 13.1 Å². The number of fused-ring (bicyclic) bond motifs is 1. The van der Waals surface area contributed by atoms with E-state index >= 15 is 0 Å². The Bertz CT molecular complexity index is 698. The van der Waals surface area contributed by atoms with Gasteiger partial charge in [-0.3, -0.25) is 0 Å². The molecule has 19 heavy (non-hydrogen) atoms. The van der Waals surface area contributed by atoms with Crippen molar-refractivity contribution in [1.82, 2.24) is 19.3 Å². The van der Waals surface area contributed by atoms with Crippen molar-refractivity contribution in [3.63, 3.8) is 0 Å². The minimum atomic E-state index is 0.688. The first kappa shape index (κ1) is 12.2. The number of rotatable bonds is 4. The summed E-state index contributed by atoms with van der Waals surface area (Å²) in [5.41, 5.74) is 1.05. The van der Waals surface area contributed by atoms with E-state index in [1.54, 1.807) is 6.33 Å². The number of aromatic nitrogens is 4. The molecule has 0 amide bonds. The van der Waals surface area contributed by atoms with Crippen LogP contribution in [0.25, 0.3) is 10.9 Å². The third-order valence-corrected chi connectivity index (χ3v) is 3.49. The van der Waals surface area contributed by atoms with Crippen LogP contribution in [0.4, 0.5) is 0 Å². The lowest BCUT2D eigenvalue weighted by Crippen LogP contribution is -2.09. The summed E-state index contributed by atoms with van der Waals surface area (Å²) in [6.45, 7) is 3.71. The fourth-order valence-electron chi connectivity index (χ4n) is 2.31. The van der Waals surface area contributed by atoms with Crippen LogP contribution in [0.5, 0.6) is 0 Å². The number of para-hydroxylation sites is 1. The van der Waals surface area contributed by atoms with E-state index in [1.165, 1.54) is 0 Å². The lowest BCUT2D eigenvalue weighted by atomic mass is 10.2. The summed E-state index contributed by atoms with van der Waals surface area (Å²) in [5, 5.41) is 6.16. The van der Waals surface area contributed by atoms with Crippen molar-refractivity contribution in [3.05, 3.63) is 47.6 Å². The molecule has 2 heterocycles. The zero-order valence-electron chi connectivity index (χ0n) is 10.8. The van der Waals surface area contributed by atoms with Crippen molar-refractivity contribution in [2.75, 3.05) is 0 Å². The Labute approximate surface area is 116 Å². The van der Waals surface area contributed by atoms with Gasteiger partial charge in [0.1, 0.15) is 12.2 Å². The molecule has 98 valence electrons. The van der Waals surface area contributed by atoms with Gasteiger partial charge in [-0.1, -0.05) is 30.7 Å². The van der Waals surface area contributed by atoms with E-state index in [2.05, 4.69) is 33.7 Å². The highest BCUT2D eigenvalue weighted by Gasteiger charge is 2.09. The second-order valence-electron chi connectivity index (χ2n) is 4.52. The molecule has 0 atom stereocenters. The molecular formula is C14H15ClN4. The van der Waals surface area contributed by atoms with Gasteiger partial charge in [0.15, 0.2) is 0 Å². The number of hydrogen-bond acceptors (Lipinski definition) is 2. The van der Waals surface area contributed by atoms with E-state index in [0.29, 0.717) is 6.54 Å². The van der Waals surface area contributed by atoms with Crippen LogP contribution in [-0.4, -0.2) is 19.3 Å². The number of aryl methyl sites for hydroxylation is 1. The highest BCUT2D eigenvalue weighted by atomic mass is 35.5. The average molecular weight is 275 g/mol. The molecule has 2 aromatic heterocycles. The fourth-order valence-corrected chi connectivity index (χ4v) is 2.60. The van der Waals surface area contributed by atoms with Gasteiger partial charge in [0.05, 0.1) is 17.1 Å². The summed E-state index contributed by atoms with van der Waals surface area (Å²) in [5.74, 6) is 0.958. The molecule has 0 N–H and O–H groups in total. The van der Waals surface area contributed by atoms with E-state index in [-0.39, 0.29) is 0 Å². The fraction of sp³-hybridized carbons (Fsp3) is 0.286. The van der Waals surface area contributed by atoms with Crippen LogP contribution >= 0.6 is 11.6 Å². The zero-order chi connectivity index (χ0) is 13.2. The maximum absolute atomic E-state index is 6.28. The van der Waals surface area contributed by atoms with Gasteiger partial charge in [0, 0.05) is 18.1 Å². The molecule has 1 aromatic carbocycles. The lowest BCUT2D eigenvalue weighted by molar-refractivity contribution is 0.557. The Morgan fingerprint density at radius 2 is 2.16 bits per heavy atom. The van der Waals surface area contributed by atoms with Crippen LogP contribution < -0.4 is 0 Å². The van der Waals surface area contributed by atoms with Gasteiger partial charge < -0.3 is 4.57 Å². The summed E-state index contributed by atoms with van der Waals surface area (Å²) in [7, 11) is 0. The molecule has 0 spiro atoms. The highest BCUT2D eigenvalue weighted by Crippen LogP contribution is 2.24. The molecule has 0 unspecified atom stereocenters. The Hall–Kier alpha value is -1.81. The van der Waals surface area contributed by atoms with Crippen molar-refractivity contribution >= 4 is 22.5 Å². The molecule has 0 aliphatic rings. The molecule has 5 heteroatoms.